The van der Waals surface area contributed by atoms with Gasteiger partial charge in [-0.1, -0.05) is 41.4 Å². The lowest BCUT2D eigenvalue weighted by Crippen LogP contribution is -2.19. The van der Waals surface area contributed by atoms with Gasteiger partial charge in [-0.05, 0) is 11.6 Å². The number of halogens is 2. The fourth-order valence-corrected chi connectivity index (χ4v) is 2.13. The molecule has 8 heteroatoms. The van der Waals surface area contributed by atoms with Crippen molar-refractivity contribution in [1.29, 1.82) is 0 Å². The first-order valence-corrected chi connectivity index (χ1v) is 6.35. The van der Waals surface area contributed by atoms with Crippen LogP contribution in [0.5, 0.6) is 0 Å². The minimum absolute atomic E-state index is 0.148. The van der Waals surface area contributed by atoms with Crippen LogP contribution in [-0.4, -0.2) is 21.9 Å². The first-order chi connectivity index (χ1) is 9.50. The van der Waals surface area contributed by atoms with E-state index < -0.39 is 4.92 Å². The maximum atomic E-state index is 11.1. The number of nitro groups is 1. The molecule has 2 rings (SSSR count). The molecular formula is C12H10Cl2N4O2. The van der Waals surface area contributed by atoms with Crippen LogP contribution in [0.25, 0.3) is 0 Å². The highest BCUT2D eigenvalue weighted by molar-refractivity contribution is 6.32. The molecule has 6 nitrogen and oxygen atoms in total. The summed E-state index contributed by atoms with van der Waals surface area (Å²) >= 11 is 11.8. The molecular weight excluding hydrogens is 303 g/mol. The lowest BCUT2D eigenvalue weighted by atomic mass is 10.2. The van der Waals surface area contributed by atoms with Crippen molar-refractivity contribution in [3.63, 3.8) is 0 Å². The largest absolute Gasteiger partial charge is 0.349 e. The molecule has 0 saturated heterocycles. The average molecular weight is 313 g/mol. The van der Waals surface area contributed by atoms with Crippen LogP contribution in [0.1, 0.15) is 5.56 Å². The molecule has 0 spiro atoms. The second-order valence-electron chi connectivity index (χ2n) is 4.04. The van der Waals surface area contributed by atoms with Gasteiger partial charge < -0.3 is 4.90 Å². The van der Waals surface area contributed by atoms with E-state index in [4.69, 9.17) is 23.2 Å². The molecule has 1 heterocycles. The van der Waals surface area contributed by atoms with Crippen LogP contribution in [0.3, 0.4) is 0 Å². The van der Waals surface area contributed by atoms with E-state index >= 15 is 0 Å². The number of aromatic nitrogens is 2. The molecule has 0 aliphatic heterocycles. The third-order valence-corrected chi connectivity index (χ3v) is 3.31. The maximum absolute atomic E-state index is 11.1. The summed E-state index contributed by atoms with van der Waals surface area (Å²) in [6.45, 7) is 0.369. The van der Waals surface area contributed by atoms with E-state index in [9.17, 15) is 10.1 Å². The van der Waals surface area contributed by atoms with Gasteiger partial charge in [0.15, 0.2) is 0 Å². The summed E-state index contributed by atoms with van der Waals surface area (Å²) in [6, 6.07) is 7.26. The Morgan fingerprint density at radius 3 is 2.65 bits per heavy atom. The van der Waals surface area contributed by atoms with Crippen LogP contribution < -0.4 is 4.90 Å². The van der Waals surface area contributed by atoms with Crippen LogP contribution in [-0.2, 0) is 6.54 Å². The van der Waals surface area contributed by atoms with Crippen LogP contribution in [0, 0.1) is 10.1 Å². The molecule has 0 bridgehead atoms. The standard InChI is InChI=1S/C12H10Cl2N4O2/c1-17(6-8-4-2-3-5-9(8)13)12-10(18(19)20)11(14)15-7-16-12/h2-5,7H,6H2,1H3. The minimum atomic E-state index is -0.596. The zero-order valence-corrected chi connectivity index (χ0v) is 12.0. The summed E-state index contributed by atoms with van der Waals surface area (Å²) in [5.74, 6) is 0.148. The fourth-order valence-electron chi connectivity index (χ4n) is 1.74. The van der Waals surface area contributed by atoms with E-state index in [1.54, 1.807) is 18.0 Å². The number of rotatable bonds is 4. The Morgan fingerprint density at radius 1 is 1.30 bits per heavy atom. The van der Waals surface area contributed by atoms with Gasteiger partial charge in [-0.3, -0.25) is 10.1 Å². The lowest BCUT2D eigenvalue weighted by Gasteiger charge is -2.18. The van der Waals surface area contributed by atoms with Crippen LogP contribution in [0.4, 0.5) is 11.5 Å². The molecule has 0 amide bonds. The van der Waals surface area contributed by atoms with Crippen LogP contribution in [0.2, 0.25) is 10.2 Å². The van der Waals surface area contributed by atoms with Gasteiger partial charge in [-0.25, -0.2) is 9.97 Å². The monoisotopic (exact) mass is 312 g/mol. The number of hydrogen-bond acceptors (Lipinski definition) is 5. The van der Waals surface area contributed by atoms with E-state index in [1.165, 1.54) is 6.33 Å². The second-order valence-corrected chi connectivity index (χ2v) is 4.81. The van der Waals surface area contributed by atoms with Gasteiger partial charge in [0.05, 0.1) is 4.92 Å². The molecule has 1 aromatic carbocycles. The third-order valence-electron chi connectivity index (χ3n) is 2.67. The number of benzene rings is 1. The Balaban J connectivity index is 2.35. The molecule has 0 N–H and O–H groups in total. The summed E-state index contributed by atoms with van der Waals surface area (Å²) in [6.07, 6.45) is 1.19. The van der Waals surface area contributed by atoms with Crippen molar-refractivity contribution in [2.24, 2.45) is 0 Å². The summed E-state index contributed by atoms with van der Waals surface area (Å²) in [5.41, 5.74) is 0.518. The minimum Gasteiger partial charge on any atom is -0.349 e. The number of hydrogen-bond donors (Lipinski definition) is 0. The highest BCUT2D eigenvalue weighted by Crippen LogP contribution is 2.31. The van der Waals surface area contributed by atoms with E-state index in [-0.39, 0.29) is 16.7 Å². The molecule has 0 aliphatic rings. The highest BCUT2D eigenvalue weighted by atomic mass is 35.5. The number of nitrogens with zero attached hydrogens (tertiary/aromatic N) is 4. The van der Waals surface area contributed by atoms with Crippen molar-refractivity contribution < 1.29 is 4.92 Å². The van der Waals surface area contributed by atoms with Crippen molar-refractivity contribution in [3.05, 3.63) is 56.4 Å². The first-order valence-electron chi connectivity index (χ1n) is 5.60. The summed E-state index contributed by atoms with van der Waals surface area (Å²) < 4.78 is 0. The van der Waals surface area contributed by atoms with E-state index in [1.807, 2.05) is 18.2 Å². The zero-order valence-electron chi connectivity index (χ0n) is 10.5. The molecule has 2 aromatic rings. The number of anilines is 1. The van der Waals surface area contributed by atoms with E-state index in [0.717, 1.165) is 5.56 Å². The highest BCUT2D eigenvalue weighted by Gasteiger charge is 2.24. The Bertz CT molecular complexity index is 651. The molecule has 0 aliphatic carbocycles. The Hall–Kier alpha value is -1.92. The average Bonchev–Trinajstić information content (AvgIpc) is 2.40. The Morgan fingerprint density at radius 2 is 2.00 bits per heavy atom. The van der Waals surface area contributed by atoms with Gasteiger partial charge in [-0.15, -0.1) is 0 Å². The molecule has 20 heavy (non-hydrogen) atoms. The van der Waals surface area contributed by atoms with Crippen molar-refractivity contribution in [2.75, 3.05) is 11.9 Å². The van der Waals surface area contributed by atoms with E-state index in [2.05, 4.69) is 9.97 Å². The van der Waals surface area contributed by atoms with Crippen molar-refractivity contribution in [3.8, 4) is 0 Å². The van der Waals surface area contributed by atoms with Gasteiger partial charge in [0.2, 0.25) is 11.0 Å². The fraction of sp³-hybridized carbons (Fsp3) is 0.167. The molecule has 0 radical (unpaired) electrons. The van der Waals surface area contributed by atoms with Crippen molar-refractivity contribution in [1.82, 2.24) is 9.97 Å². The Kier molecular flexibility index (Phi) is 4.36. The van der Waals surface area contributed by atoms with Crippen LogP contribution in [0.15, 0.2) is 30.6 Å². The molecule has 104 valence electrons. The van der Waals surface area contributed by atoms with Crippen LogP contribution >= 0.6 is 23.2 Å². The SMILES string of the molecule is CN(Cc1ccccc1Cl)c1ncnc(Cl)c1[N+](=O)[O-]. The summed E-state index contributed by atoms with van der Waals surface area (Å²) in [5, 5.41) is 11.5. The van der Waals surface area contributed by atoms with Crippen molar-refractivity contribution >= 4 is 34.7 Å². The molecule has 0 atom stereocenters. The van der Waals surface area contributed by atoms with Gasteiger partial charge >= 0.3 is 5.69 Å². The topological polar surface area (TPSA) is 72.2 Å². The lowest BCUT2D eigenvalue weighted by molar-refractivity contribution is -0.384. The predicted octanol–water partition coefficient (Wildman–Crippen LogP) is 3.33. The van der Waals surface area contributed by atoms with Gasteiger partial charge in [0.25, 0.3) is 0 Å². The molecule has 1 aromatic heterocycles. The summed E-state index contributed by atoms with van der Waals surface area (Å²) in [4.78, 5) is 19.6. The molecule has 0 fully saturated rings. The summed E-state index contributed by atoms with van der Waals surface area (Å²) in [7, 11) is 1.68. The van der Waals surface area contributed by atoms with Gasteiger partial charge in [0, 0.05) is 18.6 Å². The van der Waals surface area contributed by atoms with Crippen molar-refractivity contribution in [2.45, 2.75) is 6.54 Å². The second kappa shape index (κ2) is 6.02. The quantitative estimate of drug-likeness (QED) is 0.492. The van der Waals surface area contributed by atoms with Gasteiger partial charge in [0.1, 0.15) is 6.33 Å². The van der Waals surface area contributed by atoms with Gasteiger partial charge in [-0.2, -0.15) is 0 Å². The third kappa shape index (κ3) is 2.97. The van der Waals surface area contributed by atoms with E-state index in [0.29, 0.717) is 11.6 Å². The first kappa shape index (κ1) is 14.5. The smallest absolute Gasteiger partial charge is 0.348 e. The molecule has 0 unspecified atom stereocenters. The molecule has 0 saturated carbocycles. The zero-order chi connectivity index (χ0) is 14.7. The normalized spacial score (nSPS) is 10.3. The Labute approximate surface area is 125 Å². The maximum Gasteiger partial charge on any atom is 0.348 e. The predicted molar refractivity (Wildman–Crippen MR) is 77.3 cm³/mol.